The van der Waals surface area contributed by atoms with Crippen LogP contribution in [0.15, 0.2) is 6.33 Å². The number of thioether (sulfide) groups is 1. The molecule has 0 atom stereocenters. The molecule has 1 aromatic heterocycles. The molecule has 2 aliphatic rings. The molecular weight excluding hydrogens is 242 g/mol. The molecule has 98 valence electrons. The molecule has 0 aromatic carbocycles. The number of hydrogen-bond acceptors (Lipinski definition) is 4. The van der Waals surface area contributed by atoms with Crippen LogP contribution in [-0.2, 0) is 12.8 Å². The van der Waals surface area contributed by atoms with Gasteiger partial charge in [0.1, 0.15) is 12.1 Å². The number of aromatic nitrogens is 2. The summed E-state index contributed by atoms with van der Waals surface area (Å²) in [5.41, 5.74) is 2.66. The van der Waals surface area contributed by atoms with Crippen molar-refractivity contribution in [3.63, 3.8) is 0 Å². The van der Waals surface area contributed by atoms with E-state index in [4.69, 9.17) is 0 Å². The average molecular weight is 263 g/mol. The van der Waals surface area contributed by atoms with Crippen molar-refractivity contribution in [1.29, 1.82) is 0 Å². The molecule has 4 heteroatoms. The molecule has 3 nitrogen and oxygen atoms in total. The first-order chi connectivity index (χ1) is 8.83. The molecule has 1 fully saturated rings. The van der Waals surface area contributed by atoms with Crippen molar-refractivity contribution >= 4 is 17.6 Å². The third-order valence-corrected chi connectivity index (χ3v) is 5.61. The van der Waals surface area contributed by atoms with Gasteiger partial charge in [0.05, 0.1) is 0 Å². The number of fused-ring (bicyclic) bond motifs is 1. The Kier molecular flexibility index (Phi) is 3.46. The second-order valence-electron chi connectivity index (χ2n) is 5.45. The fourth-order valence-electron chi connectivity index (χ4n) is 2.69. The molecule has 0 spiro atoms. The minimum atomic E-state index is 0.489. The fraction of sp³-hybridized carbons (Fsp3) is 0.714. The van der Waals surface area contributed by atoms with Gasteiger partial charge in [-0.15, -0.1) is 0 Å². The molecule has 0 unspecified atom stereocenters. The molecule has 3 rings (SSSR count). The molecule has 0 radical (unpaired) electrons. The zero-order valence-corrected chi connectivity index (χ0v) is 11.9. The lowest BCUT2D eigenvalue weighted by atomic mass is 10.1. The van der Waals surface area contributed by atoms with E-state index in [-0.39, 0.29) is 0 Å². The highest BCUT2D eigenvalue weighted by Crippen LogP contribution is 2.47. The van der Waals surface area contributed by atoms with Gasteiger partial charge in [0.2, 0.25) is 0 Å². The zero-order chi connectivity index (χ0) is 12.4. The molecule has 0 aliphatic heterocycles. The van der Waals surface area contributed by atoms with Crippen molar-refractivity contribution in [3.05, 3.63) is 17.6 Å². The third kappa shape index (κ3) is 2.48. The predicted octanol–water partition coefficient (Wildman–Crippen LogP) is 3.05. The molecule has 0 amide bonds. The summed E-state index contributed by atoms with van der Waals surface area (Å²) in [5, 5.41) is 3.58. The van der Waals surface area contributed by atoms with Crippen molar-refractivity contribution < 1.29 is 0 Å². The van der Waals surface area contributed by atoms with Crippen LogP contribution in [0.3, 0.4) is 0 Å². The van der Waals surface area contributed by atoms with Gasteiger partial charge in [0, 0.05) is 22.5 Å². The van der Waals surface area contributed by atoms with Gasteiger partial charge in [-0.1, -0.05) is 6.42 Å². The second-order valence-corrected chi connectivity index (χ2v) is 6.72. The Morgan fingerprint density at radius 2 is 2.06 bits per heavy atom. The van der Waals surface area contributed by atoms with Crippen LogP contribution < -0.4 is 5.32 Å². The molecule has 2 aliphatic carbocycles. The summed E-state index contributed by atoms with van der Waals surface area (Å²) in [6.45, 7) is 1.05. The summed E-state index contributed by atoms with van der Waals surface area (Å²) < 4.78 is 0.489. The second kappa shape index (κ2) is 5.08. The van der Waals surface area contributed by atoms with Crippen LogP contribution in [0.2, 0.25) is 0 Å². The first kappa shape index (κ1) is 12.3. The van der Waals surface area contributed by atoms with Gasteiger partial charge in [0.15, 0.2) is 0 Å². The van der Waals surface area contributed by atoms with E-state index >= 15 is 0 Å². The van der Waals surface area contributed by atoms with Crippen LogP contribution in [-0.4, -0.2) is 27.5 Å². The highest BCUT2D eigenvalue weighted by atomic mass is 32.2. The van der Waals surface area contributed by atoms with E-state index in [1.54, 1.807) is 6.33 Å². The lowest BCUT2D eigenvalue weighted by Crippen LogP contribution is -2.19. The minimum absolute atomic E-state index is 0.489. The van der Waals surface area contributed by atoms with Crippen LogP contribution in [0.5, 0.6) is 0 Å². The van der Waals surface area contributed by atoms with Crippen molar-refractivity contribution in [1.82, 2.24) is 9.97 Å². The Morgan fingerprint density at radius 3 is 2.83 bits per heavy atom. The van der Waals surface area contributed by atoms with Crippen molar-refractivity contribution in [2.75, 3.05) is 18.1 Å². The third-order valence-electron chi connectivity index (χ3n) is 4.19. The number of rotatable bonds is 4. The van der Waals surface area contributed by atoms with E-state index in [0.29, 0.717) is 4.75 Å². The van der Waals surface area contributed by atoms with Crippen LogP contribution in [0.1, 0.15) is 43.4 Å². The number of anilines is 1. The monoisotopic (exact) mass is 263 g/mol. The van der Waals surface area contributed by atoms with Crippen molar-refractivity contribution in [3.8, 4) is 0 Å². The first-order valence-corrected chi connectivity index (χ1v) is 8.17. The van der Waals surface area contributed by atoms with E-state index in [1.807, 2.05) is 11.8 Å². The highest BCUT2D eigenvalue weighted by molar-refractivity contribution is 8.00. The Bertz CT molecular complexity index is 429. The molecule has 18 heavy (non-hydrogen) atoms. The first-order valence-electron chi connectivity index (χ1n) is 6.95. The van der Waals surface area contributed by atoms with Gasteiger partial charge >= 0.3 is 0 Å². The van der Waals surface area contributed by atoms with E-state index in [9.17, 15) is 0 Å². The maximum atomic E-state index is 4.47. The molecular formula is C14H21N3S. The summed E-state index contributed by atoms with van der Waals surface area (Å²) in [7, 11) is 0. The van der Waals surface area contributed by atoms with Crippen LogP contribution in [0.4, 0.5) is 5.82 Å². The van der Waals surface area contributed by atoms with Gasteiger partial charge in [-0.25, -0.2) is 9.97 Å². The smallest absolute Gasteiger partial charge is 0.132 e. The number of aryl methyl sites for hydroxylation is 1. The van der Waals surface area contributed by atoms with Crippen LogP contribution in [0.25, 0.3) is 0 Å². The van der Waals surface area contributed by atoms with Crippen molar-refractivity contribution in [2.45, 2.75) is 49.7 Å². The molecule has 1 N–H and O–H groups in total. The maximum Gasteiger partial charge on any atom is 0.132 e. The predicted molar refractivity (Wildman–Crippen MR) is 77.3 cm³/mol. The van der Waals surface area contributed by atoms with Gasteiger partial charge in [-0.2, -0.15) is 11.8 Å². The number of nitrogens with zero attached hydrogens (tertiary/aromatic N) is 2. The van der Waals surface area contributed by atoms with Crippen LogP contribution in [0, 0.1) is 0 Å². The molecule has 0 bridgehead atoms. The Balaban J connectivity index is 1.75. The van der Waals surface area contributed by atoms with Gasteiger partial charge in [-0.3, -0.25) is 0 Å². The maximum absolute atomic E-state index is 4.47. The van der Waals surface area contributed by atoms with Gasteiger partial charge in [-0.05, 0) is 44.8 Å². The summed E-state index contributed by atoms with van der Waals surface area (Å²) in [6, 6.07) is 0. The number of nitrogens with one attached hydrogen (secondary N) is 1. The standard InChI is InChI=1S/C14H21N3S/c1-18-14(7-8-14)9-15-13-11-5-3-2-4-6-12(11)16-10-17-13/h10H,2-9H2,1H3,(H,15,16,17). The molecule has 1 heterocycles. The molecule has 0 saturated heterocycles. The topological polar surface area (TPSA) is 37.8 Å². The number of hydrogen-bond donors (Lipinski definition) is 1. The quantitative estimate of drug-likeness (QED) is 0.847. The summed E-state index contributed by atoms with van der Waals surface area (Å²) in [4.78, 5) is 8.93. The normalized spacial score (nSPS) is 20.9. The lowest BCUT2D eigenvalue weighted by molar-refractivity contribution is 0.708. The van der Waals surface area contributed by atoms with E-state index in [2.05, 4.69) is 21.5 Å². The average Bonchev–Trinajstić information content (AvgIpc) is 3.20. The van der Waals surface area contributed by atoms with Gasteiger partial charge in [0.25, 0.3) is 0 Å². The zero-order valence-electron chi connectivity index (χ0n) is 11.0. The molecule has 1 saturated carbocycles. The molecule has 1 aromatic rings. The summed E-state index contributed by atoms with van der Waals surface area (Å²) >= 11 is 1.99. The lowest BCUT2D eigenvalue weighted by Gasteiger charge is -2.16. The summed E-state index contributed by atoms with van der Waals surface area (Å²) in [6.07, 6.45) is 12.8. The SMILES string of the molecule is CSC1(CNc2ncnc3c2CCCCC3)CC1. The Hall–Kier alpha value is -0.770. The Labute approximate surface area is 113 Å². The largest absolute Gasteiger partial charge is 0.368 e. The van der Waals surface area contributed by atoms with Crippen LogP contribution >= 0.6 is 11.8 Å². The van der Waals surface area contributed by atoms with Gasteiger partial charge < -0.3 is 5.32 Å². The Morgan fingerprint density at radius 1 is 1.22 bits per heavy atom. The highest BCUT2D eigenvalue weighted by Gasteiger charge is 2.41. The van der Waals surface area contributed by atoms with E-state index in [0.717, 1.165) is 25.2 Å². The van der Waals surface area contributed by atoms with Crippen molar-refractivity contribution in [2.24, 2.45) is 0 Å². The van der Waals surface area contributed by atoms with E-state index in [1.165, 1.54) is 43.4 Å². The summed E-state index contributed by atoms with van der Waals surface area (Å²) in [5.74, 6) is 1.10. The fourth-order valence-corrected chi connectivity index (χ4v) is 3.41. The minimum Gasteiger partial charge on any atom is -0.368 e. The van der Waals surface area contributed by atoms with E-state index < -0.39 is 0 Å².